The highest BCUT2D eigenvalue weighted by molar-refractivity contribution is 6.03. The van der Waals surface area contributed by atoms with Crippen LogP contribution in [0.5, 0.6) is 0 Å². The first-order valence-corrected chi connectivity index (χ1v) is 9.86. The molecule has 4 atom stereocenters. The van der Waals surface area contributed by atoms with Gasteiger partial charge in [0.25, 0.3) is 0 Å². The van der Waals surface area contributed by atoms with Gasteiger partial charge in [-0.05, 0) is 24.3 Å². The summed E-state index contributed by atoms with van der Waals surface area (Å²) in [6, 6.07) is 5.77. The van der Waals surface area contributed by atoms with Crippen LogP contribution in [0.2, 0.25) is 0 Å². The zero-order valence-corrected chi connectivity index (χ0v) is 16.6. The topological polar surface area (TPSA) is 88.8 Å². The van der Waals surface area contributed by atoms with Gasteiger partial charge in [0.2, 0.25) is 17.7 Å². The number of aromatic nitrogens is 2. The summed E-state index contributed by atoms with van der Waals surface area (Å²) in [7, 11) is 1.70. The summed E-state index contributed by atoms with van der Waals surface area (Å²) < 4.78 is 24.4. The molecule has 2 amide bonds. The largest absolute Gasteiger partial charge is 0.360 e. The molecule has 0 N–H and O–H groups in total. The Hall–Kier alpha value is -3.07. The number of rotatable bonds is 5. The molecule has 5 rings (SSSR count). The van der Waals surface area contributed by atoms with Gasteiger partial charge in [0, 0.05) is 32.6 Å². The zero-order chi connectivity index (χ0) is 21.0. The van der Waals surface area contributed by atoms with E-state index in [2.05, 4.69) is 10.1 Å². The zero-order valence-electron chi connectivity index (χ0n) is 16.6. The Bertz CT molecular complexity index is 1040. The van der Waals surface area contributed by atoms with E-state index in [0.717, 1.165) is 0 Å². The summed E-state index contributed by atoms with van der Waals surface area (Å²) in [5, 5.41) is 3.85. The minimum absolute atomic E-state index is 0.147. The lowest BCUT2D eigenvalue weighted by molar-refractivity contribution is -0.139. The molecule has 0 aliphatic carbocycles. The Labute approximate surface area is 172 Å². The molecule has 3 aliphatic heterocycles. The summed E-state index contributed by atoms with van der Waals surface area (Å²) in [5.74, 6) is -0.867. The second kappa shape index (κ2) is 6.73. The van der Waals surface area contributed by atoms with Crippen LogP contribution in [0.3, 0.4) is 0 Å². The third-order valence-corrected chi connectivity index (χ3v) is 6.14. The molecule has 2 saturated heterocycles. The Kier molecular flexibility index (Phi) is 4.25. The lowest BCUT2D eigenvalue weighted by atomic mass is 9.76. The molecule has 8 nitrogen and oxygen atoms in total. The molecule has 1 aromatic carbocycles. The van der Waals surface area contributed by atoms with Gasteiger partial charge in [-0.3, -0.25) is 9.59 Å². The van der Waals surface area contributed by atoms with Gasteiger partial charge in [-0.15, -0.1) is 0 Å². The lowest BCUT2D eigenvalue weighted by Gasteiger charge is -2.27. The number of halogens is 1. The first-order valence-electron chi connectivity index (χ1n) is 9.86. The van der Waals surface area contributed by atoms with Gasteiger partial charge in [0.1, 0.15) is 11.4 Å². The van der Waals surface area contributed by atoms with Crippen LogP contribution in [-0.2, 0) is 20.7 Å². The van der Waals surface area contributed by atoms with Crippen molar-refractivity contribution in [3.8, 4) is 0 Å². The Morgan fingerprint density at radius 2 is 2.13 bits per heavy atom. The van der Waals surface area contributed by atoms with Crippen molar-refractivity contribution in [2.24, 2.45) is 11.8 Å². The number of aryl methyl sites for hydroxylation is 1. The predicted molar refractivity (Wildman–Crippen MR) is 103 cm³/mol. The number of hydrogen-bond donors (Lipinski definition) is 0. The van der Waals surface area contributed by atoms with Crippen LogP contribution in [0.15, 0.2) is 40.9 Å². The maximum atomic E-state index is 13.3. The Morgan fingerprint density at radius 1 is 1.37 bits per heavy atom. The second-order valence-electron chi connectivity index (χ2n) is 8.04. The van der Waals surface area contributed by atoms with Crippen LogP contribution in [0.1, 0.15) is 11.7 Å². The molecule has 2 fully saturated rings. The van der Waals surface area contributed by atoms with Gasteiger partial charge in [0.05, 0.1) is 24.5 Å². The SMILES string of the molecule is Cc1nc(CCN(C)C(=O)C2C3C=CC4(CN(c5ccc(F)cc5)C(=O)C24)O3)no1. The fraction of sp³-hybridized carbons (Fsp3) is 0.429. The average Bonchev–Trinajstić information content (AvgIpc) is 3.47. The molecule has 4 unspecified atom stereocenters. The Morgan fingerprint density at radius 3 is 2.83 bits per heavy atom. The smallest absolute Gasteiger partial charge is 0.234 e. The Balaban J connectivity index is 1.35. The van der Waals surface area contributed by atoms with E-state index in [-0.39, 0.29) is 17.6 Å². The predicted octanol–water partition coefficient (Wildman–Crippen LogP) is 1.50. The molecule has 1 spiro atoms. The van der Waals surface area contributed by atoms with Gasteiger partial charge < -0.3 is 19.1 Å². The molecule has 1 aromatic heterocycles. The molecule has 9 heteroatoms. The van der Waals surface area contributed by atoms with E-state index >= 15 is 0 Å². The number of benzene rings is 1. The highest BCUT2D eigenvalue weighted by Gasteiger charge is 2.67. The van der Waals surface area contributed by atoms with Crippen molar-refractivity contribution in [3.05, 3.63) is 53.9 Å². The number of ether oxygens (including phenoxy) is 1. The van der Waals surface area contributed by atoms with Gasteiger partial charge in [-0.25, -0.2) is 4.39 Å². The molecular formula is C21H21FN4O4. The van der Waals surface area contributed by atoms with Crippen molar-refractivity contribution in [2.45, 2.75) is 25.0 Å². The number of carbonyl (C=O) groups excluding carboxylic acids is 2. The summed E-state index contributed by atoms with van der Waals surface area (Å²) >= 11 is 0. The van der Waals surface area contributed by atoms with Crippen molar-refractivity contribution in [1.82, 2.24) is 15.0 Å². The van der Waals surface area contributed by atoms with E-state index in [1.54, 1.807) is 35.9 Å². The number of carbonyl (C=O) groups is 2. The van der Waals surface area contributed by atoms with E-state index in [1.807, 2.05) is 12.2 Å². The van der Waals surface area contributed by atoms with E-state index in [0.29, 0.717) is 36.9 Å². The van der Waals surface area contributed by atoms with Crippen molar-refractivity contribution < 1.29 is 23.2 Å². The lowest BCUT2D eigenvalue weighted by Crippen LogP contribution is -2.45. The van der Waals surface area contributed by atoms with Gasteiger partial charge in [-0.1, -0.05) is 17.3 Å². The minimum Gasteiger partial charge on any atom is -0.360 e. The van der Waals surface area contributed by atoms with E-state index in [1.165, 1.54) is 12.1 Å². The van der Waals surface area contributed by atoms with Crippen LogP contribution in [0, 0.1) is 24.6 Å². The van der Waals surface area contributed by atoms with Crippen molar-refractivity contribution in [3.63, 3.8) is 0 Å². The van der Waals surface area contributed by atoms with Crippen LogP contribution in [0.4, 0.5) is 10.1 Å². The molecule has 2 bridgehead atoms. The highest BCUT2D eigenvalue weighted by atomic mass is 19.1. The maximum absolute atomic E-state index is 13.3. The summed E-state index contributed by atoms with van der Waals surface area (Å²) in [6.07, 6.45) is 3.81. The highest BCUT2D eigenvalue weighted by Crippen LogP contribution is 2.53. The monoisotopic (exact) mass is 412 g/mol. The second-order valence-corrected chi connectivity index (χ2v) is 8.04. The molecule has 0 radical (unpaired) electrons. The standard InChI is InChI=1S/C21H21FN4O4/c1-12-23-16(24-30-12)8-10-25(2)19(27)17-15-7-9-21(29-15)11-26(20(28)18(17)21)14-5-3-13(22)4-6-14/h3-7,9,15,17-18H,8,10-11H2,1-2H3. The van der Waals surface area contributed by atoms with Crippen LogP contribution in [-0.4, -0.2) is 58.7 Å². The number of anilines is 1. The maximum Gasteiger partial charge on any atom is 0.234 e. The summed E-state index contributed by atoms with van der Waals surface area (Å²) in [5.41, 5.74) is -0.222. The molecule has 4 heterocycles. The number of fused-ring (bicyclic) bond motifs is 1. The van der Waals surface area contributed by atoms with Gasteiger partial charge in [-0.2, -0.15) is 4.98 Å². The first-order chi connectivity index (χ1) is 14.4. The fourth-order valence-electron chi connectivity index (χ4n) is 4.70. The summed E-state index contributed by atoms with van der Waals surface area (Å²) in [4.78, 5) is 33.9. The minimum atomic E-state index is -0.817. The van der Waals surface area contributed by atoms with Gasteiger partial charge in [0.15, 0.2) is 5.82 Å². The number of amides is 2. The fourth-order valence-corrected chi connectivity index (χ4v) is 4.70. The van der Waals surface area contributed by atoms with Crippen LogP contribution >= 0.6 is 0 Å². The third kappa shape index (κ3) is 2.84. The van der Waals surface area contributed by atoms with Crippen LogP contribution in [0.25, 0.3) is 0 Å². The van der Waals surface area contributed by atoms with E-state index in [4.69, 9.17) is 9.26 Å². The van der Waals surface area contributed by atoms with E-state index in [9.17, 15) is 14.0 Å². The van der Waals surface area contributed by atoms with Gasteiger partial charge >= 0.3 is 0 Å². The van der Waals surface area contributed by atoms with Crippen LogP contribution < -0.4 is 4.90 Å². The van der Waals surface area contributed by atoms with E-state index < -0.39 is 23.5 Å². The molecule has 156 valence electrons. The number of likely N-dealkylation sites (N-methyl/N-ethyl adjacent to an activating group) is 1. The molecule has 3 aliphatic rings. The third-order valence-electron chi connectivity index (χ3n) is 6.14. The number of nitrogens with zero attached hydrogens (tertiary/aromatic N) is 4. The quantitative estimate of drug-likeness (QED) is 0.692. The molecule has 30 heavy (non-hydrogen) atoms. The van der Waals surface area contributed by atoms with Crippen molar-refractivity contribution >= 4 is 17.5 Å². The average molecular weight is 412 g/mol. The molecule has 0 saturated carbocycles. The summed E-state index contributed by atoms with van der Waals surface area (Å²) in [6.45, 7) is 2.42. The molecular weight excluding hydrogens is 391 g/mol. The normalized spacial score (nSPS) is 29.0. The number of hydrogen-bond acceptors (Lipinski definition) is 6. The first kappa shape index (κ1) is 18.9. The van der Waals surface area contributed by atoms with Crippen molar-refractivity contribution in [2.75, 3.05) is 25.0 Å². The molecule has 2 aromatic rings. The van der Waals surface area contributed by atoms with Crippen molar-refractivity contribution in [1.29, 1.82) is 0 Å².